The zero-order valence-corrected chi connectivity index (χ0v) is 6.86. The Morgan fingerprint density at radius 3 is 3.08 bits per heavy atom. The summed E-state index contributed by atoms with van der Waals surface area (Å²) in [6.45, 7) is 2.02. The quantitative estimate of drug-likeness (QED) is 0.631. The maximum atomic E-state index is 5.74. The highest BCUT2D eigenvalue weighted by Gasteiger charge is 2.04. The van der Waals surface area contributed by atoms with Crippen LogP contribution in [0.5, 0.6) is 0 Å². The number of hydrogen-bond donors (Lipinski definition) is 0. The second-order valence-corrected chi connectivity index (χ2v) is 2.60. The summed E-state index contributed by atoms with van der Waals surface area (Å²) in [5.41, 5.74) is 1.60. The average molecular weight is 159 g/mol. The van der Waals surface area contributed by atoms with Gasteiger partial charge < -0.3 is 4.57 Å². The Kier molecular flexibility index (Phi) is 1.57. The molecule has 0 amide bonds. The summed E-state index contributed by atoms with van der Waals surface area (Å²) in [5.74, 6) is 0.865. The van der Waals surface area contributed by atoms with Gasteiger partial charge in [0, 0.05) is 12.6 Å². The molecule has 3 nitrogen and oxygen atoms in total. The van der Waals surface area contributed by atoms with Crippen molar-refractivity contribution in [3.05, 3.63) is 31.2 Å². The fourth-order valence-corrected chi connectivity index (χ4v) is 1.23. The molecule has 0 spiro atoms. The minimum absolute atomic E-state index is 0.745. The number of pyridine rings is 1. The van der Waals surface area contributed by atoms with Crippen LogP contribution < -0.4 is 0 Å². The van der Waals surface area contributed by atoms with Crippen LogP contribution in [-0.2, 0) is 6.42 Å². The van der Waals surface area contributed by atoms with Crippen molar-refractivity contribution in [2.45, 2.75) is 13.3 Å². The van der Waals surface area contributed by atoms with Gasteiger partial charge in [0.2, 0.25) is 0 Å². The molecule has 0 fully saturated rings. The van der Waals surface area contributed by atoms with Crippen LogP contribution in [-0.4, -0.2) is 14.5 Å². The molecule has 0 saturated heterocycles. The van der Waals surface area contributed by atoms with Crippen LogP contribution in [0, 0.1) is 7.05 Å². The van der Waals surface area contributed by atoms with Gasteiger partial charge in [-0.05, 0) is 12.1 Å². The Balaban J connectivity index is 2.78. The maximum absolute atomic E-state index is 5.74. The van der Waals surface area contributed by atoms with Crippen molar-refractivity contribution in [2.24, 2.45) is 0 Å². The van der Waals surface area contributed by atoms with E-state index in [1.165, 1.54) is 4.57 Å². The van der Waals surface area contributed by atoms with E-state index in [1.54, 1.807) is 6.20 Å². The molecule has 0 unspecified atom stereocenters. The van der Waals surface area contributed by atoms with Crippen LogP contribution in [0.25, 0.3) is 11.2 Å². The Labute approximate surface area is 71.1 Å². The molecule has 2 aromatic rings. The number of aryl methyl sites for hydroxylation is 1. The van der Waals surface area contributed by atoms with E-state index < -0.39 is 0 Å². The first-order valence-corrected chi connectivity index (χ1v) is 3.90. The zero-order valence-electron chi connectivity index (χ0n) is 6.86. The van der Waals surface area contributed by atoms with Crippen molar-refractivity contribution in [1.82, 2.24) is 14.5 Å². The lowest BCUT2D eigenvalue weighted by Gasteiger charge is -1.94. The van der Waals surface area contributed by atoms with Gasteiger partial charge in [-0.15, -0.1) is 0 Å². The summed E-state index contributed by atoms with van der Waals surface area (Å²) >= 11 is 0. The molecule has 0 aliphatic carbocycles. The zero-order chi connectivity index (χ0) is 8.55. The topological polar surface area (TPSA) is 30.7 Å². The van der Waals surface area contributed by atoms with Gasteiger partial charge in [-0.25, -0.2) is 9.97 Å². The highest BCUT2D eigenvalue weighted by atomic mass is 15.1. The van der Waals surface area contributed by atoms with Crippen LogP contribution in [0.1, 0.15) is 12.7 Å². The first-order valence-electron chi connectivity index (χ1n) is 3.90. The van der Waals surface area contributed by atoms with E-state index >= 15 is 0 Å². The predicted octanol–water partition coefficient (Wildman–Crippen LogP) is 1.51. The largest absolute Gasteiger partial charge is 0.305 e. The van der Waals surface area contributed by atoms with Crippen molar-refractivity contribution >= 4 is 11.2 Å². The summed E-state index contributed by atoms with van der Waals surface area (Å²) < 4.78 is 1.54. The minimum atomic E-state index is 0.745. The van der Waals surface area contributed by atoms with Gasteiger partial charge in [0.25, 0.3) is 0 Å². The lowest BCUT2D eigenvalue weighted by molar-refractivity contribution is 0.900. The van der Waals surface area contributed by atoms with Crippen molar-refractivity contribution in [1.29, 1.82) is 0 Å². The predicted molar refractivity (Wildman–Crippen MR) is 46.6 cm³/mol. The van der Waals surface area contributed by atoms with Crippen molar-refractivity contribution < 1.29 is 0 Å². The molecule has 0 N–H and O–H groups in total. The Hall–Kier alpha value is -1.38. The third-order valence-corrected chi connectivity index (χ3v) is 1.84. The van der Waals surface area contributed by atoms with Crippen LogP contribution in [0.4, 0.5) is 0 Å². The Morgan fingerprint density at radius 1 is 1.58 bits per heavy atom. The average Bonchev–Trinajstić information content (AvgIpc) is 2.44. The molecule has 0 atom stereocenters. The summed E-state index contributed by atoms with van der Waals surface area (Å²) in [7, 11) is 5.74. The molecule has 3 heteroatoms. The molecular formula is C9H9N3. The first kappa shape index (κ1) is 7.28. The second-order valence-electron chi connectivity index (χ2n) is 2.60. The molecule has 2 aromatic heterocycles. The third kappa shape index (κ3) is 0.897. The van der Waals surface area contributed by atoms with Crippen molar-refractivity contribution in [3.63, 3.8) is 0 Å². The fourth-order valence-electron chi connectivity index (χ4n) is 1.23. The second kappa shape index (κ2) is 2.59. The number of nitrogens with zero attached hydrogens (tertiary/aromatic N) is 3. The molecular weight excluding hydrogens is 150 g/mol. The Morgan fingerprint density at radius 2 is 2.42 bits per heavy atom. The van der Waals surface area contributed by atoms with E-state index in [9.17, 15) is 0 Å². The molecule has 0 aliphatic rings. The monoisotopic (exact) mass is 159 g/mol. The Bertz CT molecular complexity index is 403. The highest BCUT2D eigenvalue weighted by Crippen LogP contribution is 2.11. The van der Waals surface area contributed by atoms with Gasteiger partial charge in [0.15, 0.2) is 5.65 Å². The summed E-state index contributed by atoms with van der Waals surface area (Å²) in [6, 6.07) is 3.76. The summed E-state index contributed by atoms with van der Waals surface area (Å²) in [5, 5.41) is 0. The SMILES string of the molecule is [CH]n1c(CC)nc2cccnc21. The molecule has 0 saturated carbocycles. The van der Waals surface area contributed by atoms with Gasteiger partial charge in [-0.1, -0.05) is 6.92 Å². The normalized spacial score (nSPS) is 10.8. The lowest BCUT2D eigenvalue weighted by Crippen LogP contribution is -1.93. The minimum Gasteiger partial charge on any atom is -0.305 e. The fraction of sp³-hybridized carbons (Fsp3) is 0.222. The van der Waals surface area contributed by atoms with E-state index in [0.717, 1.165) is 23.4 Å². The molecule has 2 radical (unpaired) electrons. The number of imidazole rings is 1. The van der Waals surface area contributed by atoms with Crippen molar-refractivity contribution in [2.75, 3.05) is 0 Å². The highest BCUT2D eigenvalue weighted by molar-refractivity contribution is 5.71. The first-order chi connectivity index (χ1) is 5.83. The molecule has 0 bridgehead atoms. The van der Waals surface area contributed by atoms with E-state index in [-0.39, 0.29) is 0 Å². The number of hydrogen-bond acceptors (Lipinski definition) is 2. The van der Waals surface area contributed by atoms with Gasteiger partial charge in [0.1, 0.15) is 11.3 Å². The van der Waals surface area contributed by atoms with Crippen LogP contribution in [0.2, 0.25) is 0 Å². The number of fused-ring (bicyclic) bond motifs is 1. The number of rotatable bonds is 1. The molecule has 12 heavy (non-hydrogen) atoms. The molecule has 0 aromatic carbocycles. The molecule has 2 rings (SSSR count). The van der Waals surface area contributed by atoms with E-state index in [4.69, 9.17) is 7.05 Å². The molecule has 60 valence electrons. The van der Waals surface area contributed by atoms with Crippen molar-refractivity contribution in [3.8, 4) is 0 Å². The van der Waals surface area contributed by atoms with Crippen LogP contribution >= 0.6 is 0 Å². The maximum Gasteiger partial charge on any atom is 0.160 e. The lowest BCUT2D eigenvalue weighted by atomic mass is 10.4. The van der Waals surface area contributed by atoms with E-state index in [2.05, 4.69) is 9.97 Å². The van der Waals surface area contributed by atoms with E-state index in [0.29, 0.717) is 0 Å². The van der Waals surface area contributed by atoms with Gasteiger partial charge in [0.05, 0.1) is 7.05 Å². The smallest absolute Gasteiger partial charge is 0.160 e. The van der Waals surface area contributed by atoms with Crippen LogP contribution in [0.15, 0.2) is 18.3 Å². The standard InChI is InChI=1S/C9H9N3/c1-3-8-11-7-5-4-6-10-9(7)12(8)2/h2,4-6H,3H2,1H3. The van der Waals surface area contributed by atoms with E-state index in [1.807, 2.05) is 19.1 Å². The summed E-state index contributed by atoms with van der Waals surface area (Å²) in [6.07, 6.45) is 2.54. The number of aromatic nitrogens is 3. The third-order valence-electron chi connectivity index (χ3n) is 1.84. The summed E-state index contributed by atoms with van der Waals surface area (Å²) in [4.78, 5) is 8.43. The van der Waals surface area contributed by atoms with Gasteiger partial charge >= 0.3 is 0 Å². The molecule has 0 aliphatic heterocycles. The van der Waals surface area contributed by atoms with Crippen LogP contribution in [0.3, 0.4) is 0 Å². The van der Waals surface area contributed by atoms with Gasteiger partial charge in [-0.2, -0.15) is 0 Å². The van der Waals surface area contributed by atoms with Gasteiger partial charge in [-0.3, -0.25) is 0 Å². The molecule has 2 heterocycles.